The molecule has 0 unspecified atom stereocenters. The summed E-state index contributed by atoms with van der Waals surface area (Å²) in [5.41, 5.74) is -0.136. The zero-order valence-electron chi connectivity index (χ0n) is 21.4. The van der Waals surface area contributed by atoms with Gasteiger partial charge >= 0.3 is 0 Å². The quantitative estimate of drug-likeness (QED) is 0.204. The topological polar surface area (TPSA) is 209 Å². The minimum atomic E-state index is -2.47. The molecule has 0 radical (unpaired) electrons. The number of aliphatic hydroxyl groups excluding tert-OH is 6. The van der Waals surface area contributed by atoms with Crippen LogP contribution in [0.25, 0.3) is 22.3 Å². The molecule has 0 saturated carbocycles. The summed E-state index contributed by atoms with van der Waals surface area (Å²) in [5.74, 6) is -2.51. The van der Waals surface area contributed by atoms with Crippen molar-refractivity contribution in [3.05, 3.63) is 52.7 Å². The van der Waals surface area contributed by atoms with Crippen LogP contribution in [-0.4, -0.2) is 104 Å². The first kappa shape index (κ1) is 28.3. The molecule has 0 bridgehead atoms. The Balaban J connectivity index is 1.61. The van der Waals surface area contributed by atoms with Gasteiger partial charge in [-0.05, 0) is 31.2 Å². The van der Waals surface area contributed by atoms with Crippen molar-refractivity contribution in [2.24, 2.45) is 0 Å². The Morgan fingerprint density at radius 2 is 1.60 bits per heavy atom. The van der Waals surface area contributed by atoms with Crippen molar-refractivity contribution >= 4 is 11.0 Å². The van der Waals surface area contributed by atoms with Crippen molar-refractivity contribution in [1.82, 2.24) is 0 Å². The van der Waals surface area contributed by atoms with E-state index in [2.05, 4.69) is 0 Å². The molecule has 2 aliphatic rings. The molecule has 3 aromatic rings. The third-order valence-electron chi connectivity index (χ3n) is 7.27. The number of phenols is 1. The van der Waals surface area contributed by atoms with Crippen LogP contribution in [-0.2, 0) is 9.47 Å². The van der Waals surface area contributed by atoms with Gasteiger partial charge in [-0.1, -0.05) is 0 Å². The van der Waals surface area contributed by atoms with Gasteiger partial charge in [-0.25, -0.2) is 0 Å². The van der Waals surface area contributed by atoms with Crippen LogP contribution in [0.15, 0.2) is 51.7 Å². The number of rotatable bonds is 5. The zero-order chi connectivity index (χ0) is 28.9. The van der Waals surface area contributed by atoms with Crippen molar-refractivity contribution in [2.75, 3.05) is 13.7 Å². The number of phenolic OH excluding ortho intramolecular Hbond substituents is 1. The number of fused-ring (bicyclic) bond motifs is 1. The molecule has 216 valence electrons. The molecular formula is C27H30O13. The molecule has 0 amide bonds. The number of methoxy groups -OCH3 is 1. The van der Waals surface area contributed by atoms with Crippen LogP contribution in [0.1, 0.15) is 6.92 Å². The Morgan fingerprint density at radius 3 is 2.27 bits per heavy atom. The number of benzene rings is 2. The average molecular weight is 563 g/mol. The van der Waals surface area contributed by atoms with Gasteiger partial charge in [0.2, 0.25) is 0 Å². The average Bonchev–Trinajstić information content (AvgIpc) is 2.93. The second-order valence-corrected chi connectivity index (χ2v) is 9.89. The van der Waals surface area contributed by atoms with Crippen LogP contribution >= 0.6 is 0 Å². The Kier molecular flexibility index (Phi) is 7.50. The second kappa shape index (κ2) is 10.6. The molecular weight excluding hydrogens is 532 g/mol. The summed E-state index contributed by atoms with van der Waals surface area (Å²) in [5, 5.41) is 73.5. The van der Waals surface area contributed by atoms with Gasteiger partial charge < -0.3 is 59.1 Å². The van der Waals surface area contributed by atoms with Gasteiger partial charge in [0.05, 0.1) is 19.8 Å². The summed E-state index contributed by atoms with van der Waals surface area (Å²) in [6.45, 7) is 0.885. The van der Waals surface area contributed by atoms with E-state index in [-0.39, 0.29) is 22.5 Å². The van der Waals surface area contributed by atoms with E-state index in [4.69, 9.17) is 23.4 Å². The lowest BCUT2D eigenvalue weighted by Gasteiger charge is -2.53. The first-order chi connectivity index (χ1) is 19.0. The summed E-state index contributed by atoms with van der Waals surface area (Å²) >= 11 is 0. The first-order valence-electron chi connectivity index (χ1n) is 12.5. The van der Waals surface area contributed by atoms with Crippen LogP contribution in [0.3, 0.4) is 0 Å². The second-order valence-electron chi connectivity index (χ2n) is 9.89. The monoisotopic (exact) mass is 562 g/mol. The summed E-state index contributed by atoms with van der Waals surface area (Å²) in [6, 6.07) is 10.1. The van der Waals surface area contributed by atoms with Gasteiger partial charge in [0.25, 0.3) is 5.79 Å². The van der Waals surface area contributed by atoms with Crippen molar-refractivity contribution in [3.8, 4) is 28.6 Å². The van der Waals surface area contributed by atoms with Crippen LogP contribution in [0.5, 0.6) is 17.2 Å². The Morgan fingerprint density at radius 1 is 0.900 bits per heavy atom. The third-order valence-corrected chi connectivity index (χ3v) is 7.27. The predicted octanol–water partition coefficient (Wildman–Crippen LogP) is -0.768. The molecule has 2 aromatic carbocycles. The lowest BCUT2D eigenvalue weighted by atomic mass is 9.84. The Bertz CT molecular complexity index is 1420. The molecule has 1 aromatic heterocycles. The Hall–Kier alpha value is -3.27. The first-order valence-corrected chi connectivity index (χ1v) is 12.5. The van der Waals surface area contributed by atoms with Crippen molar-refractivity contribution in [2.45, 2.75) is 61.5 Å². The number of hydrogen-bond acceptors (Lipinski definition) is 13. The fourth-order valence-electron chi connectivity index (χ4n) is 5.05. The maximum absolute atomic E-state index is 12.9. The van der Waals surface area contributed by atoms with E-state index in [1.165, 1.54) is 26.2 Å². The summed E-state index contributed by atoms with van der Waals surface area (Å²) in [6.07, 6.45) is -13.4. The maximum atomic E-state index is 12.9. The highest BCUT2D eigenvalue weighted by Gasteiger charge is 2.63. The van der Waals surface area contributed by atoms with Gasteiger partial charge in [0.1, 0.15) is 64.5 Å². The van der Waals surface area contributed by atoms with Crippen molar-refractivity contribution in [3.63, 3.8) is 0 Å². The summed E-state index contributed by atoms with van der Waals surface area (Å²) in [4.78, 5) is 12.9. The fraction of sp³-hybridized carbons (Fsp3) is 0.444. The highest BCUT2D eigenvalue weighted by molar-refractivity contribution is 5.86. The van der Waals surface area contributed by atoms with Crippen LogP contribution in [0.4, 0.5) is 0 Å². The minimum absolute atomic E-state index is 0.108. The standard InChI is InChI=1S/C27H30O13/c1-11-21(31)23(33)25(35)27(39-11,26-24(34)22(32)17(30)10-37-26)40-14-7-15(28)20-16(29)9-18(38-19(20)8-14)12-3-5-13(36-2)6-4-12/h3-9,11,17,21-26,28,30-35H,10H2,1-2H3/t11-,17+,21+,22-,23+,24+,25-,26-,27-/m1/s1. The zero-order valence-corrected chi connectivity index (χ0v) is 21.4. The molecule has 3 heterocycles. The van der Waals surface area contributed by atoms with Crippen LogP contribution in [0, 0.1) is 0 Å². The van der Waals surface area contributed by atoms with Gasteiger partial charge in [-0.15, -0.1) is 0 Å². The molecule has 9 atom stereocenters. The lowest BCUT2D eigenvalue weighted by Crippen LogP contribution is -2.75. The van der Waals surface area contributed by atoms with E-state index >= 15 is 0 Å². The van der Waals surface area contributed by atoms with Crippen LogP contribution < -0.4 is 14.9 Å². The van der Waals surface area contributed by atoms with E-state index in [0.717, 1.165) is 6.07 Å². The SMILES string of the molecule is COc1ccc(-c2cc(=O)c3c(O)cc(O[C@]4([C@@H]5OC[C@H](O)[C@@H](O)[C@@H]5O)O[C@H](C)[C@H](O)[C@H](O)[C@H]4O)cc3o2)cc1. The highest BCUT2D eigenvalue weighted by Crippen LogP contribution is 2.41. The molecule has 5 rings (SSSR count). The summed E-state index contributed by atoms with van der Waals surface area (Å²) in [7, 11) is 1.51. The molecule has 40 heavy (non-hydrogen) atoms. The fourth-order valence-corrected chi connectivity index (χ4v) is 5.05. The van der Waals surface area contributed by atoms with E-state index in [1.807, 2.05) is 0 Å². The highest BCUT2D eigenvalue weighted by atomic mass is 16.7. The number of aliphatic hydroxyl groups is 6. The van der Waals surface area contributed by atoms with Crippen LogP contribution in [0.2, 0.25) is 0 Å². The Labute approximate surface area is 227 Å². The normalized spacial score (nSPS) is 34.5. The van der Waals surface area contributed by atoms with Gasteiger partial charge in [-0.3, -0.25) is 4.79 Å². The molecule has 2 saturated heterocycles. The maximum Gasteiger partial charge on any atom is 0.268 e. The molecule has 7 N–H and O–H groups in total. The predicted molar refractivity (Wildman–Crippen MR) is 136 cm³/mol. The largest absolute Gasteiger partial charge is 0.507 e. The van der Waals surface area contributed by atoms with Gasteiger partial charge in [-0.2, -0.15) is 0 Å². The number of ether oxygens (including phenoxy) is 4. The van der Waals surface area contributed by atoms with E-state index in [1.54, 1.807) is 24.3 Å². The molecule has 13 nitrogen and oxygen atoms in total. The summed E-state index contributed by atoms with van der Waals surface area (Å²) < 4.78 is 28.4. The van der Waals surface area contributed by atoms with Gasteiger partial charge in [0, 0.05) is 23.8 Å². The molecule has 0 spiro atoms. The minimum Gasteiger partial charge on any atom is -0.507 e. The van der Waals surface area contributed by atoms with Gasteiger partial charge in [0.15, 0.2) is 17.6 Å². The van der Waals surface area contributed by atoms with E-state index in [0.29, 0.717) is 11.3 Å². The number of aromatic hydroxyl groups is 1. The molecule has 0 aliphatic carbocycles. The number of hydrogen-bond donors (Lipinski definition) is 7. The third kappa shape index (κ3) is 4.70. The van der Waals surface area contributed by atoms with Crippen molar-refractivity contribution in [1.29, 1.82) is 0 Å². The molecule has 2 aliphatic heterocycles. The molecule has 13 heteroatoms. The smallest absolute Gasteiger partial charge is 0.268 e. The van der Waals surface area contributed by atoms with E-state index in [9.17, 15) is 40.5 Å². The van der Waals surface area contributed by atoms with Crippen molar-refractivity contribution < 1.29 is 59.1 Å². The molecule has 2 fully saturated rings. The lowest BCUT2D eigenvalue weighted by molar-refractivity contribution is -0.384. The van der Waals surface area contributed by atoms with E-state index < -0.39 is 72.4 Å².